The molecular weight excluding hydrogens is 594 g/mol. The number of carboxylic acids is 1. The maximum atomic E-state index is 12.8. The standard InChI is InChI=1S/C19H25N5O5S.W/c1-28-14-4-6-24(12-14)19(27)15-8-13(5-7-30-3)16(23-22-15)9-21-17(29-2)10-20-11-18(25)26;/h8,14,20H,4-7,11-12H2,1-3H3,(H,25,26);/q-2;+2. The number of thioether (sulfide) groups is 1. The molecule has 31 heavy (non-hydrogen) atoms. The van der Waals surface area contributed by atoms with Gasteiger partial charge in [-0.3, -0.25) is 9.59 Å². The number of aliphatic carboxylic acids is 1. The Balaban J connectivity index is 0.00000480. The smallest absolute Gasteiger partial charge is 0.570 e. The van der Waals surface area contributed by atoms with Crippen LogP contribution in [-0.2, 0) is 41.8 Å². The predicted molar refractivity (Wildman–Crippen MR) is 111 cm³/mol. The van der Waals surface area contributed by atoms with E-state index < -0.39 is 5.97 Å². The Morgan fingerprint density at radius 2 is 2.19 bits per heavy atom. The van der Waals surface area contributed by atoms with Crippen LogP contribution < -0.4 is 5.32 Å². The fourth-order valence-electron chi connectivity index (χ4n) is 2.72. The molecule has 1 aliphatic heterocycles. The molecule has 2 heterocycles. The quantitative estimate of drug-likeness (QED) is 0.157. The van der Waals surface area contributed by atoms with Crippen molar-refractivity contribution in [2.24, 2.45) is 4.99 Å². The molecule has 1 unspecified atom stereocenters. The first-order chi connectivity index (χ1) is 14.5. The second-order valence-electron chi connectivity index (χ2n) is 6.35. The fraction of sp³-hybridized carbons (Fsp3) is 0.526. The maximum absolute atomic E-state index is 12.8. The van der Waals surface area contributed by atoms with Gasteiger partial charge in [-0.05, 0) is 24.1 Å². The number of hydrogen-bond donors (Lipinski definition) is 2. The summed E-state index contributed by atoms with van der Waals surface area (Å²) < 4.78 is 10.3. The number of nitrogens with one attached hydrogen (secondary N) is 1. The molecule has 1 fully saturated rings. The van der Waals surface area contributed by atoms with Crippen molar-refractivity contribution in [3.8, 4) is 0 Å². The minimum Gasteiger partial charge on any atom is -0.570 e. The first kappa shape index (κ1) is 27.1. The third kappa shape index (κ3) is 8.59. The fourth-order valence-corrected chi connectivity index (χ4v) is 3.15. The average Bonchev–Trinajstić information content (AvgIpc) is 3.23. The number of hydrogen-bond acceptors (Lipinski definition) is 9. The minimum atomic E-state index is -1.04. The van der Waals surface area contributed by atoms with Gasteiger partial charge >= 0.3 is 27.0 Å². The van der Waals surface area contributed by atoms with Crippen molar-refractivity contribution in [1.29, 1.82) is 0 Å². The van der Waals surface area contributed by atoms with Gasteiger partial charge in [0.15, 0.2) is 0 Å². The Morgan fingerprint density at radius 1 is 1.42 bits per heavy atom. The molecule has 0 bridgehead atoms. The second kappa shape index (κ2) is 14.2. The average molecular weight is 619 g/mol. The first-order valence-electron chi connectivity index (χ1n) is 9.24. The van der Waals surface area contributed by atoms with Crippen molar-refractivity contribution in [2.75, 3.05) is 45.9 Å². The summed E-state index contributed by atoms with van der Waals surface area (Å²) >= 11 is 1.66. The van der Waals surface area contributed by atoms with Crippen LogP contribution in [0.25, 0.3) is 0 Å². The van der Waals surface area contributed by atoms with Crippen LogP contribution in [0.5, 0.6) is 0 Å². The summed E-state index contributed by atoms with van der Waals surface area (Å²) in [6.07, 6.45) is 8.75. The zero-order chi connectivity index (χ0) is 21.9. The molecule has 1 amide bonds. The van der Waals surface area contributed by atoms with Crippen molar-refractivity contribution in [2.45, 2.75) is 18.9 Å². The molecule has 0 spiro atoms. The summed E-state index contributed by atoms with van der Waals surface area (Å²) in [5.74, 6) is -0.384. The number of ether oxygens (including phenoxy) is 2. The molecular formula is C19H25N5O5SW. The van der Waals surface area contributed by atoms with Gasteiger partial charge in [-0.25, -0.2) is 0 Å². The van der Waals surface area contributed by atoms with Crippen molar-refractivity contribution >= 4 is 29.9 Å². The number of methoxy groups -OCH3 is 2. The summed E-state index contributed by atoms with van der Waals surface area (Å²) in [6, 6.07) is 1.71. The number of aromatic nitrogens is 2. The number of carboxylic acid groups (broad SMARTS) is 1. The largest absolute Gasteiger partial charge is 2.00 e. The summed E-state index contributed by atoms with van der Waals surface area (Å²) in [7, 11) is 3.02. The Labute approximate surface area is 200 Å². The third-order valence-corrected chi connectivity index (χ3v) is 4.94. The molecule has 12 heteroatoms. The number of carbonyl (C=O) groups excluding carboxylic acids is 1. The molecule has 1 saturated heterocycles. The van der Waals surface area contributed by atoms with Crippen molar-refractivity contribution in [3.05, 3.63) is 35.1 Å². The van der Waals surface area contributed by atoms with E-state index >= 15 is 0 Å². The molecule has 2 rings (SSSR count). The van der Waals surface area contributed by atoms with Gasteiger partial charge in [0.25, 0.3) is 5.91 Å². The number of aryl methyl sites for hydroxylation is 1. The molecule has 0 aliphatic carbocycles. The molecule has 1 aromatic heterocycles. The van der Waals surface area contributed by atoms with Crippen LogP contribution in [0, 0.1) is 6.20 Å². The zero-order valence-electron chi connectivity index (χ0n) is 17.6. The van der Waals surface area contributed by atoms with Gasteiger partial charge in [0, 0.05) is 20.2 Å². The Morgan fingerprint density at radius 3 is 2.81 bits per heavy atom. The summed E-state index contributed by atoms with van der Waals surface area (Å²) in [5.41, 5.74) is 1.43. The van der Waals surface area contributed by atoms with E-state index in [1.165, 1.54) is 7.11 Å². The molecule has 0 saturated carbocycles. The van der Waals surface area contributed by atoms with Gasteiger partial charge in [0.1, 0.15) is 5.69 Å². The number of nitrogens with zero attached hydrogens (tertiary/aromatic N) is 4. The SMILES string of the molecule is COC(=[C-]NCC(=O)O)N=[C-]c1nnc(C(=O)N2CCC(OC)C2)cc1CCSC.[W+2]. The minimum absolute atomic E-state index is 0. The van der Waals surface area contributed by atoms with Crippen LogP contribution in [0.15, 0.2) is 16.9 Å². The molecule has 0 aromatic carbocycles. The van der Waals surface area contributed by atoms with E-state index in [9.17, 15) is 9.59 Å². The van der Waals surface area contributed by atoms with E-state index in [-0.39, 0.29) is 51.2 Å². The number of rotatable bonds is 11. The monoisotopic (exact) mass is 619 g/mol. The third-order valence-electron chi connectivity index (χ3n) is 4.32. The normalized spacial score (nSPS) is 16.3. The van der Waals surface area contributed by atoms with E-state index in [0.29, 0.717) is 25.2 Å². The Hall–Kier alpha value is -1.97. The van der Waals surface area contributed by atoms with Gasteiger partial charge in [0.2, 0.25) is 0 Å². The molecule has 1 atom stereocenters. The summed E-state index contributed by atoms with van der Waals surface area (Å²) in [4.78, 5) is 29.0. The van der Waals surface area contributed by atoms with Crippen LogP contribution in [0.4, 0.5) is 0 Å². The van der Waals surface area contributed by atoms with Gasteiger partial charge in [-0.1, -0.05) is 24.6 Å². The summed E-state index contributed by atoms with van der Waals surface area (Å²) in [5, 5.41) is 19.3. The van der Waals surface area contributed by atoms with Crippen molar-refractivity contribution < 1.29 is 45.2 Å². The first-order valence-corrected chi connectivity index (χ1v) is 10.6. The number of carbonyl (C=O) groups is 2. The number of aliphatic imine (C=N–C) groups is 1. The van der Waals surface area contributed by atoms with Gasteiger partial charge in [-0.15, -0.1) is 10.7 Å². The van der Waals surface area contributed by atoms with Gasteiger partial charge in [0.05, 0.1) is 19.8 Å². The van der Waals surface area contributed by atoms with Crippen LogP contribution in [0.2, 0.25) is 0 Å². The van der Waals surface area contributed by atoms with Gasteiger partial charge in [-0.2, -0.15) is 16.9 Å². The molecule has 1 aliphatic rings. The predicted octanol–water partition coefficient (Wildman–Crippen LogP) is 0.459. The van der Waals surface area contributed by atoms with E-state index in [0.717, 1.165) is 17.7 Å². The van der Waals surface area contributed by atoms with Crippen LogP contribution in [0.1, 0.15) is 28.2 Å². The molecule has 0 radical (unpaired) electrons. The molecule has 2 N–H and O–H groups in total. The topological polar surface area (TPSA) is 126 Å². The Bertz CT molecular complexity index is 808. The van der Waals surface area contributed by atoms with Crippen molar-refractivity contribution in [1.82, 2.24) is 20.4 Å². The molecule has 10 nitrogen and oxygen atoms in total. The van der Waals surface area contributed by atoms with Crippen LogP contribution in [-0.4, -0.2) is 90.3 Å². The van der Waals surface area contributed by atoms with Crippen LogP contribution in [0.3, 0.4) is 0 Å². The molecule has 1 aromatic rings. The summed E-state index contributed by atoms with van der Waals surface area (Å²) in [6.45, 7) is 0.835. The van der Waals surface area contributed by atoms with E-state index in [2.05, 4.69) is 32.9 Å². The van der Waals surface area contributed by atoms with Crippen LogP contribution >= 0.6 is 11.8 Å². The van der Waals surface area contributed by atoms with E-state index in [4.69, 9.17) is 14.6 Å². The van der Waals surface area contributed by atoms with Gasteiger partial charge < -0.3 is 36.0 Å². The zero-order valence-corrected chi connectivity index (χ0v) is 21.3. The maximum Gasteiger partial charge on any atom is 2.00 e. The molecule has 168 valence electrons. The van der Waals surface area contributed by atoms with E-state index in [1.807, 2.05) is 6.26 Å². The second-order valence-corrected chi connectivity index (χ2v) is 7.33. The van der Waals surface area contributed by atoms with E-state index in [1.54, 1.807) is 29.8 Å². The number of likely N-dealkylation sites (tertiary alicyclic amines) is 1. The Kier molecular flexibility index (Phi) is 12.4. The van der Waals surface area contributed by atoms with Crippen molar-refractivity contribution in [3.63, 3.8) is 0 Å². The number of amides is 1.